The number of alkyl halides is 1. The smallest absolute Gasteiger partial charge is 0.324 e. The van der Waals surface area contributed by atoms with E-state index in [0.717, 1.165) is 13.0 Å². The number of halogens is 1. The summed E-state index contributed by atoms with van der Waals surface area (Å²) in [6.07, 6.45) is 0.741. The van der Waals surface area contributed by atoms with Gasteiger partial charge in [-0.25, -0.2) is 4.39 Å². The molecule has 0 bridgehead atoms. The molecular weight excluding hydrogens is 161 g/mol. The number of carbonyl (C=O) groups is 1. The topological polar surface area (TPSA) is 40.5 Å². The highest BCUT2D eigenvalue weighted by atomic mass is 19.1. The average molecular weight is 173 g/mol. The van der Waals surface area contributed by atoms with E-state index in [9.17, 15) is 9.18 Å². The van der Waals surface area contributed by atoms with Crippen LogP contribution in [0, 0.1) is 0 Å². The quantitative estimate of drug-likeness (QED) is 0.632. The summed E-state index contributed by atoms with van der Waals surface area (Å²) >= 11 is 0. The van der Waals surface area contributed by atoms with E-state index in [1.807, 2.05) is 0 Å². The fraction of sp³-hybridized carbons (Fsp3) is 0.875. The largest absolute Gasteiger partial charge is 0.480 e. The molecular formula is C8H12FNO2. The molecule has 1 N–H and O–H groups in total. The Balaban J connectivity index is 2.26. The summed E-state index contributed by atoms with van der Waals surface area (Å²) in [6.45, 7) is 1.05. The van der Waals surface area contributed by atoms with E-state index in [4.69, 9.17) is 5.11 Å². The third kappa shape index (κ3) is 0.874. The minimum absolute atomic E-state index is 0.183. The van der Waals surface area contributed by atoms with Crippen LogP contribution in [0.1, 0.15) is 19.3 Å². The van der Waals surface area contributed by atoms with Gasteiger partial charge in [0.25, 0.3) is 0 Å². The number of rotatable bonds is 1. The maximum Gasteiger partial charge on any atom is 0.324 e. The van der Waals surface area contributed by atoms with Gasteiger partial charge in [0.2, 0.25) is 0 Å². The van der Waals surface area contributed by atoms with Crippen molar-refractivity contribution in [3.05, 3.63) is 0 Å². The summed E-state index contributed by atoms with van der Waals surface area (Å²) in [6, 6.07) is 0. The molecule has 0 aromatic heterocycles. The van der Waals surface area contributed by atoms with Crippen LogP contribution in [-0.4, -0.2) is 40.8 Å². The summed E-state index contributed by atoms with van der Waals surface area (Å²) in [5.74, 6) is -0.847. The van der Waals surface area contributed by atoms with Gasteiger partial charge in [0.1, 0.15) is 11.7 Å². The second-order valence-electron chi connectivity index (χ2n) is 3.69. The SMILES string of the molecule is O=C(O)[C@@]12CCCN1CC(F)C2. The minimum atomic E-state index is -0.943. The standard InChI is InChI=1S/C8H12FNO2/c9-6-4-8(7(11)12)2-1-3-10(8)5-6/h6H,1-5H2,(H,11,12)/t6?,8-/m0/s1. The van der Waals surface area contributed by atoms with E-state index < -0.39 is 17.7 Å². The van der Waals surface area contributed by atoms with E-state index >= 15 is 0 Å². The van der Waals surface area contributed by atoms with E-state index in [2.05, 4.69) is 0 Å². The maximum atomic E-state index is 12.9. The number of fused-ring (bicyclic) bond motifs is 1. The molecule has 2 heterocycles. The predicted octanol–water partition coefficient (Wildman–Crippen LogP) is 0.647. The number of hydrogen-bond donors (Lipinski definition) is 1. The number of hydrogen-bond acceptors (Lipinski definition) is 2. The number of nitrogens with zero attached hydrogens (tertiary/aromatic N) is 1. The van der Waals surface area contributed by atoms with Crippen LogP contribution in [0.3, 0.4) is 0 Å². The highest BCUT2D eigenvalue weighted by Crippen LogP contribution is 2.39. The van der Waals surface area contributed by atoms with Gasteiger partial charge in [0, 0.05) is 13.0 Å². The molecule has 2 aliphatic heterocycles. The van der Waals surface area contributed by atoms with Crippen LogP contribution in [-0.2, 0) is 4.79 Å². The summed E-state index contributed by atoms with van der Waals surface area (Å²) in [7, 11) is 0. The maximum absolute atomic E-state index is 12.9. The molecule has 2 fully saturated rings. The van der Waals surface area contributed by atoms with Crippen LogP contribution < -0.4 is 0 Å². The van der Waals surface area contributed by atoms with Crippen molar-refractivity contribution in [1.82, 2.24) is 4.90 Å². The van der Waals surface area contributed by atoms with Gasteiger partial charge in [-0.15, -0.1) is 0 Å². The fourth-order valence-corrected chi connectivity index (χ4v) is 2.43. The first-order valence-electron chi connectivity index (χ1n) is 4.28. The average Bonchev–Trinajstić information content (AvgIpc) is 2.42. The Morgan fingerprint density at radius 1 is 1.67 bits per heavy atom. The molecule has 3 nitrogen and oxygen atoms in total. The van der Waals surface area contributed by atoms with Gasteiger partial charge < -0.3 is 5.11 Å². The molecule has 68 valence electrons. The van der Waals surface area contributed by atoms with Crippen molar-refractivity contribution in [1.29, 1.82) is 0 Å². The summed E-state index contributed by atoms with van der Waals surface area (Å²) in [5.41, 5.74) is -0.848. The second-order valence-corrected chi connectivity index (χ2v) is 3.69. The summed E-state index contributed by atoms with van der Waals surface area (Å²) in [5, 5.41) is 8.98. The molecule has 0 amide bonds. The van der Waals surface area contributed by atoms with Crippen LogP contribution >= 0.6 is 0 Å². The zero-order valence-corrected chi connectivity index (χ0v) is 6.79. The van der Waals surface area contributed by atoms with Gasteiger partial charge in [-0.05, 0) is 19.4 Å². The molecule has 2 aliphatic rings. The first-order chi connectivity index (χ1) is 5.65. The molecule has 0 saturated carbocycles. The van der Waals surface area contributed by atoms with Crippen molar-refractivity contribution < 1.29 is 14.3 Å². The Kier molecular flexibility index (Phi) is 1.61. The second kappa shape index (κ2) is 2.42. The van der Waals surface area contributed by atoms with E-state index in [1.165, 1.54) is 0 Å². The molecule has 2 atom stereocenters. The van der Waals surface area contributed by atoms with E-state index in [1.54, 1.807) is 4.90 Å². The first kappa shape index (κ1) is 7.98. The summed E-state index contributed by atoms with van der Waals surface area (Å²) in [4.78, 5) is 12.7. The molecule has 4 heteroatoms. The van der Waals surface area contributed by atoms with Gasteiger partial charge in [0.05, 0.1) is 0 Å². The number of carboxylic acid groups (broad SMARTS) is 1. The van der Waals surface area contributed by atoms with Crippen LogP contribution in [0.15, 0.2) is 0 Å². The van der Waals surface area contributed by atoms with Crippen molar-refractivity contribution in [2.75, 3.05) is 13.1 Å². The summed E-state index contributed by atoms with van der Waals surface area (Å²) < 4.78 is 12.9. The lowest BCUT2D eigenvalue weighted by Gasteiger charge is -2.25. The van der Waals surface area contributed by atoms with Crippen LogP contribution in [0.2, 0.25) is 0 Å². The lowest BCUT2D eigenvalue weighted by Crippen LogP contribution is -2.45. The monoisotopic (exact) mass is 173 g/mol. The van der Waals surface area contributed by atoms with Crippen molar-refractivity contribution in [3.8, 4) is 0 Å². The Morgan fingerprint density at radius 3 is 3.00 bits per heavy atom. The molecule has 2 rings (SSSR count). The lowest BCUT2D eigenvalue weighted by molar-refractivity contribution is -0.148. The molecule has 12 heavy (non-hydrogen) atoms. The third-order valence-electron chi connectivity index (χ3n) is 3.00. The number of aliphatic carboxylic acids is 1. The zero-order chi connectivity index (χ0) is 8.77. The zero-order valence-electron chi connectivity index (χ0n) is 6.79. The molecule has 0 aliphatic carbocycles. The van der Waals surface area contributed by atoms with Crippen molar-refractivity contribution in [2.45, 2.75) is 31.0 Å². The van der Waals surface area contributed by atoms with Gasteiger partial charge >= 0.3 is 5.97 Å². The molecule has 1 unspecified atom stereocenters. The van der Waals surface area contributed by atoms with E-state index in [-0.39, 0.29) is 6.42 Å². The molecule has 2 saturated heterocycles. The minimum Gasteiger partial charge on any atom is -0.480 e. The highest BCUT2D eigenvalue weighted by molar-refractivity contribution is 5.79. The van der Waals surface area contributed by atoms with Crippen LogP contribution in [0.5, 0.6) is 0 Å². The number of carboxylic acids is 1. The Labute approximate surface area is 70.2 Å². The molecule has 0 aromatic rings. The van der Waals surface area contributed by atoms with Gasteiger partial charge in [0.15, 0.2) is 0 Å². The lowest BCUT2D eigenvalue weighted by atomic mass is 9.94. The first-order valence-corrected chi connectivity index (χ1v) is 4.28. The van der Waals surface area contributed by atoms with Gasteiger partial charge in [-0.3, -0.25) is 9.69 Å². The molecule has 0 aromatic carbocycles. The third-order valence-corrected chi connectivity index (χ3v) is 3.00. The molecule has 0 spiro atoms. The Hall–Kier alpha value is -0.640. The fourth-order valence-electron chi connectivity index (χ4n) is 2.43. The normalized spacial score (nSPS) is 41.6. The van der Waals surface area contributed by atoms with Crippen molar-refractivity contribution in [3.63, 3.8) is 0 Å². The van der Waals surface area contributed by atoms with Gasteiger partial charge in [-0.2, -0.15) is 0 Å². The Morgan fingerprint density at radius 2 is 2.42 bits per heavy atom. The predicted molar refractivity (Wildman–Crippen MR) is 40.7 cm³/mol. The van der Waals surface area contributed by atoms with Gasteiger partial charge in [-0.1, -0.05) is 0 Å². The van der Waals surface area contributed by atoms with Crippen molar-refractivity contribution >= 4 is 5.97 Å². The molecule has 0 radical (unpaired) electrons. The Bertz CT molecular complexity index is 221. The van der Waals surface area contributed by atoms with Crippen LogP contribution in [0.4, 0.5) is 4.39 Å². The van der Waals surface area contributed by atoms with Crippen LogP contribution in [0.25, 0.3) is 0 Å². The van der Waals surface area contributed by atoms with E-state index in [0.29, 0.717) is 13.0 Å². The van der Waals surface area contributed by atoms with Crippen molar-refractivity contribution in [2.24, 2.45) is 0 Å². The highest BCUT2D eigenvalue weighted by Gasteiger charge is 2.54.